The molecule has 0 saturated heterocycles. The fraction of sp³-hybridized carbons (Fsp3) is 0.583. The molecule has 0 atom stereocenters. The summed E-state index contributed by atoms with van der Waals surface area (Å²) in [5.74, 6) is 0.246. The van der Waals surface area contributed by atoms with Crippen LogP contribution in [-0.2, 0) is 11.3 Å². The highest BCUT2D eigenvalue weighted by molar-refractivity contribution is 5.93. The zero-order valence-corrected chi connectivity index (χ0v) is 10.9. The molecular weight excluding hydrogens is 220 g/mol. The summed E-state index contributed by atoms with van der Waals surface area (Å²) in [6.45, 7) is 7.62. The van der Waals surface area contributed by atoms with Crippen LogP contribution in [0.3, 0.4) is 0 Å². The summed E-state index contributed by atoms with van der Waals surface area (Å²) in [4.78, 5) is 11.4. The molecule has 0 aliphatic rings. The first-order valence-electron chi connectivity index (χ1n) is 5.39. The summed E-state index contributed by atoms with van der Waals surface area (Å²) in [6.07, 6.45) is 0. The predicted molar refractivity (Wildman–Crippen MR) is 63.1 cm³/mol. The van der Waals surface area contributed by atoms with Gasteiger partial charge in [0.2, 0.25) is 5.88 Å². The zero-order chi connectivity index (χ0) is 13.1. The van der Waals surface area contributed by atoms with E-state index in [1.807, 2.05) is 20.8 Å². The summed E-state index contributed by atoms with van der Waals surface area (Å²) in [5.41, 5.74) is 0.749. The van der Waals surface area contributed by atoms with Gasteiger partial charge in [-0.05, 0) is 20.8 Å². The van der Waals surface area contributed by atoms with Crippen molar-refractivity contribution in [2.24, 2.45) is 0 Å². The Morgan fingerprint density at radius 3 is 2.47 bits per heavy atom. The molecule has 1 rings (SSSR count). The molecule has 0 saturated carbocycles. The van der Waals surface area contributed by atoms with Crippen LogP contribution in [0.5, 0.6) is 5.88 Å². The third-order valence-corrected chi connectivity index (χ3v) is 2.05. The number of ketones is 1. The Morgan fingerprint density at radius 2 is 2.00 bits per heavy atom. The lowest BCUT2D eigenvalue weighted by molar-refractivity contribution is -0.0154. The molecule has 0 spiro atoms. The molecular formula is C12H18N2O3. The van der Waals surface area contributed by atoms with E-state index in [4.69, 9.17) is 9.47 Å². The second-order valence-corrected chi connectivity index (χ2v) is 4.72. The van der Waals surface area contributed by atoms with Crippen LogP contribution in [0, 0.1) is 0 Å². The molecule has 5 heteroatoms. The molecule has 0 fully saturated rings. The van der Waals surface area contributed by atoms with Crippen LogP contribution < -0.4 is 4.74 Å². The molecule has 94 valence electrons. The van der Waals surface area contributed by atoms with Gasteiger partial charge in [0.1, 0.15) is 5.69 Å². The molecule has 1 aromatic rings. The van der Waals surface area contributed by atoms with Crippen molar-refractivity contribution >= 4 is 5.78 Å². The molecule has 0 N–H and O–H groups in total. The Labute approximate surface area is 101 Å². The average molecular weight is 238 g/mol. The van der Waals surface area contributed by atoms with Crippen molar-refractivity contribution in [3.05, 3.63) is 17.3 Å². The molecule has 0 aliphatic heterocycles. The monoisotopic (exact) mass is 238 g/mol. The number of Topliss-reactive ketones (excluding diaryl/α,β-unsaturated/α-hetero) is 1. The minimum atomic E-state index is -0.273. The molecule has 1 heterocycles. The Bertz CT molecular complexity index is 411. The summed E-state index contributed by atoms with van der Waals surface area (Å²) >= 11 is 0. The molecule has 0 bridgehead atoms. The maximum absolute atomic E-state index is 11.4. The van der Waals surface area contributed by atoms with Crippen molar-refractivity contribution < 1.29 is 14.3 Å². The molecule has 0 amide bonds. The van der Waals surface area contributed by atoms with Gasteiger partial charge < -0.3 is 9.47 Å². The van der Waals surface area contributed by atoms with Crippen molar-refractivity contribution in [2.45, 2.75) is 39.9 Å². The highest BCUT2D eigenvalue weighted by Crippen LogP contribution is 2.17. The number of nitrogens with zero attached hydrogens (tertiary/aromatic N) is 2. The van der Waals surface area contributed by atoms with Gasteiger partial charge in [-0.1, -0.05) is 0 Å². The lowest BCUT2D eigenvalue weighted by atomic mass is 10.1. The van der Waals surface area contributed by atoms with Crippen molar-refractivity contribution in [2.75, 3.05) is 7.11 Å². The first-order valence-corrected chi connectivity index (χ1v) is 5.39. The Morgan fingerprint density at radius 1 is 1.35 bits per heavy atom. The van der Waals surface area contributed by atoms with Crippen LogP contribution in [0.25, 0.3) is 0 Å². The molecule has 0 aliphatic carbocycles. The fourth-order valence-electron chi connectivity index (χ4n) is 1.21. The van der Waals surface area contributed by atoms with Crippen LogP contribution in [-0.4, -0.2) is 28.7 Å². The molecule has 0 radical (unpaired) electrons. The van der Waals surface area contributed by atoms with Gasteiger partial charge in [0.05, 0.1) is 19.3 Å². The number of carbonyl (C=O) groups is 1. The smallest absolute Gasteiger partial charge is 0.233 e. The maximum Gasteiger partial charge on any atom is 0.233 e. The Hall–Kier alpha value is -1.49. The first kappa shape index (κ1) is 13.6. The number of hydrogen-bond acceptors (Lipinski definition) is 5. The van der Waals surface area contributed by atoms with Crippen molar-refractivity contribution in [3.8, 4) is 5.88 Å². The number of ether oxygens (including phenoxy) is 2. The zero-order valence-electron chi connectivity index (χ0n) is 10.9. The second kappa shape index (κ2) is 5.23. The highest BCUT2D eigenvalue weighted by atomic mass is 16.5. The third kappa shape index (κ3) is 4.11. The fourth-order valence-corrected chi connectivity index (χ4v) is 1.21. The van der Waals surface area contributed by atoms with E-state index in [2.05, 4.69) is 10.2 Å². The highest BCUT2D eigenvalue weighted by Gasteiger charge is 2.16. The number of rotatable bonds is 4. The number of methoxy groups -OCH3 is 1. The minimum Gasteiger partial charge on any atom is -0.480 e. The largest absolute Gasteiger partial charge is 0.480 e. The van der Waals surface area contributed by atoms with Crippen molar-refractivity contribution in [1.29, 1.82) is 0 Å². The van der Waals surface area contributed by atoms with Gasteiger partial charge in [-0.3, -0.25) is 4.79 Å². The van der Waals surface area contributed by atoms with E-state index < -0.39 is 0 Å². The Kier molecular flexibility index (Phi) is 4.17. The van der Waals surface area contributed by atoms with E-state index in [1.54, 1.807) is 6.07 Å². The van der Waals surface area contributed by atoms with Crippen LogP contribution in [0.1, 0.15) is 43.7 Å². The predicted octanol–water partition coefficient (Wildman–Crippen LogP) is 2.00. The van der Waals surface area contributed by atoms with Crippen molar-refractivity contribution in [3.63, 3.8) is 0 Å². The summed E-state index contributed by atoms with van der Waals surface area (Å²) in [6, 6.07) is 1.68. The van der Waals surface area contributed by atoms with Gasteiger partial charge >= 0.3 is 0 Å². The quantitative estimate of drug-likeness (QED) is 0.751. The van der Waals surface area contributed by atoms with Crippen LogP contribution in [0.15, 0.2) is 6.07 Å². The van der Waals surface area contributed by atoms with Crippen molar-refractivity contribution in [1.82, 2.24) is 10.2 Å². The second-order valence-electron chi connectivity index (χ2n) is 4.72. The standard InChI is InChI=1S/C12H18N2O3/c1-8(15)11-9(7-17-12(2,3)4)6-10(16-5)13-14-11/h6H,7H2,1-5H3. The summed E-state index contributed by atoms with van der Waals surface area (Å²) in [5, 5.41) is 7.62. The molecule has 0 unspecified atom stereocenters. The van der Waals surface area contributed by atoms with Crippen LogP contribution >= 0.6 is 0 Å². The first-order chi connectivity index (χ1) is 7.83. The third-order valence-electron chi connectivity index (χ3n) is 2.05. The van der Waals surface area contributed by atoms with Gasteiger partial charge in [-0.25, -0.2) is 0 Å². The van der Waals surface area contributed by atoms with E-state index in [9.17, 15) is 4.79 Å². The van der Waals surface area contributed by atoms with Gasteiger partial charge in [0, 0.05) is 18.6 Å². The van der Waals surface area contributed by atoms with Gasteiger partial charge in [0.15, 0.2) is 5.78 Å². The maximum atomic E-state index is 11.4. The van der Waals surface area contributed by atoms with Gasteiger partial charge in [0.25, 0.3) is 0 Å². The van der Waals surface area contributed by atoms with E-state index in [0.717, 1.165) is 0 Å². The molecule has 1 aromatic heterocycles. The minimum absolute atomic E-state index is 0.132. The molecule has 5 nitrogen and oxygen atoms in total. The number of hydrogen-bond donors (Lipinski definition) is 0. The Balaban J connectivity index is 2.97. The normalized spacial score (nSPS) is 11.4. The van der Waals surface area contributed by atoms with E-state index in [-0.39, 0.29) is 11.4 Å². The molecule has 0 aromatic carbocycles. The van der Waals surface area contributed by atoms with Crippen LogP contribution in [0.2, 0.25) is 0 Å². The molecule has 17 heavy (non-hydrogen) atoms. The van der Waals surface area contributed by atoms with E-state index >= 15 is 0 Å². The van der Waals surface area contributed by atoms with Crippen LogP contribution in [0.4, 0.5) is 0 Å². The summed E-state index contributed by atoms with van der Waals surface area (Å²) < 4.78 is 10.6. The lowest BCUT2D eigenvalue weighted by Gasteiger charge is -2.20. The summed E-state index contributed by atoms with van der Waals surface area (Å²) in [7, 11) is 1.51. The number of carbonyl (C=O) groups excluding carboxylic acids is 1. The van der Waals surface area contributed by atoms with E-state index in [1.165, 1.54) is 14.0 Å². The van der Waals surface area contributed by atoms with Gasteiger partial charge in [-0.2, -0.15) is 0 Å². The number of aromatic nitrogens is 2. The topological polar surface area (TPSA) is 61.3 Å². The van der Waals surface area contributed by atoms with E-state index in [0.29, 0.717) is 23.7 Å². The van der Waals surface area contributed by atoms with Gasteiger partial charge in [-0.15, -0.1) is 10.2 Å². The lowest BCUT2D eigenvalue weighted by Crippen LogP contribution is -2.20. The SMILES string of the molecule is COc1cc(COC(C)(C)C)c(C(C)=O)nn1. The average Bonchev–Trinajstić information content (AvgIpc) is 2.24.